The van der Waals surface area contributed by atoms with E-state index in [9.17, 15) is 4.79 Å². The second-order valence-electron chi connectivity index (χ2n) is 1.89. The number of hydrogen-bond acceptors (Lipinski definition) is 3. The molecule has 0 aliphatic carbocycles. The van der Waals surface area contributed by atoms with Crippen LogP contribution >= 0.6 is 22.6 Å². The van der Waals surface area contributed by atoms with Gasteiger partial charge < -0.3 is 10.2 Å². The zero-order chi connectivity index (χ0) is 8.20. The van der Waals surface area contributed by atoms with Crippen molar-refractivity contribution in [3.8, 4) is 0 Å². The third kappa shape index (κ3) is 6.18. The number of rotatable bonds is 4. The third-order valence-corrected chi connectivity index (χ3v) is 1.46. The number of allylic oxidation sites excluding steroid dienone is 1. The van der Waals surface area contributed by atoms with Crippen LogP contribution < -0.4 is 0 Å². The van der Waals surface area contributed by atoms with E-state index in [4.69, 9.17) is 10.2 Å². The molecule has 0 spiro atoms. The van der Waals surface area contributed by atoms with Crippen molar-refractivity contribution in [2.24, 2.45) is 0 Å². The van der Waals surface area contributed by atoms with E-state index in [-0.39, 0.29) is 18.6 Å². The first-order valence-electron chi connectivity index (χ1n) is 2.74. The van der Waals surface area contributed by atoms with Crippen molar-refractivity contribution in [1.82, 2.24) is 0 Å². The molecule has 0 saturated heterocycles. The molecule has 0 radical (unpaired) electrons. The van der Waals surface area contributed by atoms with Crippen molar-refractivity contribution in [3.05, 3.63) is 12.7 Å². The van der Waals surface area contributed by atoms with Crippen LogP contribution in [0.15, 0.2) is 12.7 Å². The van der Waals surface area contributed by atoms with E-state index in [0.29, 0.717) is 0 Å². The topological polar surface area (TPSA) is 57.5 Å². The Labute approximate surface area is 72.9 Å². The zero-order valence-electron chi connectivity index (χ0n) is 5.38. The SMILES string of the molecule is C=CC(=O)CCC(O)(O)I. The van der Waals surface area contributed by atoms with E-state index < -0.39 is 3.79 Å². The highest BCUT2D eigenvalue weighted by molar-refractivity contribution is 14.1. The molecule has 0 amide bonds. The molecule has 0 heterocycles. The molecule has 0 aliphatic rings. The van der Waals surface area contributed by atoms with Crippen LogP contribution in [0.5, 0.6) is 0 Å². The van der Waals surface area contributed by atoms with Crippen molar-refractivity contribution in [3.63, 3.8) is 0 Å². The summed E-state index contributed by atoms with van der Waals surface area (Å²) in [4.78, 5) is 10.5. The molecular weight excluding hydrogens is 247 g/mol. The minimum Gasteiger partial charge on any atom is -0.358 e. The smallest absolute Gasteiger partial charge is 0.216 e. The fourth-order valence-electron chi connectivity index (χ4n) is 0.384. The van der Waals surface area contributed by atoms with Gasteiger partial charge >= 0.3 is 0 Å². The van der Waals surface area contributed by atoms with E-state index in [0.717, 1.165) is 0 Å². The van der Waals surface area contributed by atoms with Gasteiger partial charge in [0.1, 0.15) is 0 Å². The summed E-state index contributed by atoms with van der Waals surface area (Å²) in [5, 5.41) is 17.4. The van der Waals surface area contributed by atoms with Gasteiger partial charge in [-0.25, -0.2) is 0 Å². The molecule has 0 unspecified atom stereocenters. The minimum absolute atomic E-state index is 0.0401. The maximum atomic E-state index is 10.5. The van der Waals surface area contributed by atoms with Gasteiger partial charge in [0.15, 0.2) is 5.78 Å². The molecule has 0 atom stereocenters. The van der Waals surface area contributed by atoms with Crippen molar-refractivity contribution < 1.29 is 15.0 Å². The van der Waals surface area contributed by atoms with Crippen LogP contribution in [-0.2, 0) is 4.79 Å². The lowest BCUT2D eigenvalue weighted by Crippen LogP contribution is -2.19. The molecule has 0 aromatic rings. The van der Waals surface area contributed by atoms with E-state index in [1.54, 1.807) is 0 Å². The monoisotopic (exact) mass is 256 g/mol. The normalized spacial score (nSPS) is 11.1. The van der Waals surface area contributed by atoms with Gasteiger partial charge in [0.05, 0.1) is 0 Å². The Morgan fingerprint density at radius 2 is 2.20 bits per heavy atom. The molecule has 0 rings (SSSR count). The molecule has 3 nitrogen and oxygen atoms in total. The summed E-state index contributed by atoms with van der Waals surface area (Å²) in [5.41, 5.74) is 0. The van der Waals surface area contributed by atoms with Gasteiger partial charge in [0.2, 0.25) is 3.79 Å². The molecular formula is C6H9IO3. The van der Waals surface area contributed by atoms with Crippen LogP contribution in [0.25, 0.3) is 0 Å². The summed E-state index contributed by atoms with van der Waals surface area (Å²) in [7, 11) is 0. The Morgan fingerprint density at radius 3 is 2.50 bits per heavy atom. The standard InChI is InChI=1S/C6H9IO3/c1-2-5(8)3-4-6(7,9)10/h2,9-10H,1,3-4H2. The molecule has 0 bridgehead atoms. The lowest BCUT2D eigenvalue weighted by molar-refractivity contribution is -0.118. The number of alkyl halides is 1. The number of carbonyl (C=O) groups excluding carboxylic acids is 1. The van der Waals surface area contributed by atoms with Gasteiger partial charge in [-0.15, -0.1) is 0 Å². The number of carbonyl (C=O) groups is 1. The van der Waals surface area contributed by atoms with Crippen LogP contribution in [0.2, 0.25) is 0 Å². The summed E-state index contributed by atoms with van der Waals surface area (Å²) in [5.74, 6) is -0.177. The van der Waals surface area contributed by atoms with Gasteiger partial charge in [0, 0.05) is 12.8 Å². The number of halogens is 1. The summed E-state index contributed by atoms with van der Waals surface area (Å²) in [6.07, 6.45) is 1.33. The first kappa shape index (κ1) is 10.1. The second-order valence-corrected chi connectivity index (χ2v) is 3.62. The van der Waals surface area contributed by atoms with Crippen LogP contribution in [0.4, 0.5) is 0 Å². The Balaban J connectivity index is 3.55. The van der Waals surface area contributed by atoms with Crippen LogP contribution in [-0.4, -0.2) is 19.8 Å². The fraction of sp³-hybridized carbons (Fsp3) is 0.500. The molecule has 0 aromatic heterocycles. The van der Waals surface area contributed by atoms with Gasteiger partial charge in [-0.05, 0) is 28.7 Å². The molecule has 10 heavy (non-hydrogen) atoms. The summed E-state index contributed by atoms with van der Waals surface area (Å²) in [6, 6.07) is 0. The summed E-state index contributed by atoms with van der Waals surface area (Å²) in [6.45, 7) is 3.25. The number of ketones is 1. The average molecular weight is 256 g/mol. The minimum atomic E-state index is -1.77. The average Bonchev–Trinajstić information content (AvgIpc) is 1.81. The predicted molar refractivity (Wildman–Crippen MR) is 45.6 cm³/mol. The number of aliphatic hydroxyl groups is 2. The second kappa shape index (κ2) is 4.05. The maximum Gasteiger partial charge on any atom is 0.216 e. The molecule has 0 aromatic carbocycles. The third-order valence-electron chi connectivity index (χ3n) is 0.917. The van der Waals surface area contributed by atoms with Crippen molar-refractivity contribution in [2.45, 2.75) is 16.6 Å². The van der Waals surface area contributed by atoms with Gasteiger partial charge in [-0.2, -0.15) is 0 Å². The van der Waals surface area contributed by atoms with E-state index in [1.165, 1.54) is 28.7 Å². The molecule has 58 valence electrons. The highest BCUT2D eigenvalue weighted by Gasteiger charge is 2.17. The lowest BCUT2D eigenvalue weighted by atomic mass is 10.2. The largest absolute Gasteiger partial charge is 0.358 e. The van der Waals surface area contributed by atoms with Crippen LogP contribution in [0.3, 0.4) is 0 Å². The zero-order valence-corrected chi connectivity index (χ0v) is 7.54. The van der Waals surface area contributed by atoms with Crippen molar-refractivity contribution in [1.29, 1.82) is 0 Å². The maximum absolute atomic E-state index is 10.5. The quantitative estimate of drug-likeness (QED) is 0.335. The Kier molecular flexibility index (Phi) is 4.07. The molecule has 0 fully saturated rings. The molecule has 0 saturated carbocycles. The molecule has 0 aliphatic heterocycles. The van der Waals surface area contributed by atoms with Crippen LogP contribution in [0, 0.1) is 0 Å². The first-order chi connectivity index (χ1) is 4.45. The van der Waals surface area contributed by atoms with E-state index in [2.05, 4.69) is 6.58 Å². The van der Waals surface area contributed by atoms with Crippen molar-refractivity contribution >= 4 is 28.4 Å². The highest BCUT2D eigenvalue weighted by Crippen LogP contribution is 2.16. The van der Waals surface area contributed by atoms with E-state index >= 15 is 0 Å². The summed E-state index contributed by atoms with van der Waals surface area (Å²) < 4.78 is -1.77. The van der Waals surface area contributed by atoms with Gasteiger partial charge in [0.25, 0.3) is 0 Å². The van der Waals surface area contributed by atoms with Crippen LogP contribution in [0.1, 0.15) is 12.8 Å². The molecule has 4 heteroatoms. The fourth-order valence-corrected chi connectivity index (χ4v) is 0.654. The van der Waals surface area contributed by atoms with Gasteiger partial charge in [-0.1, -0.05) is 6.58 Å². The predicted octanol–water partition coefficient (Wildman–Crippen LogP) is 0.595. The highest BCUT2D eigenvalue weighted by atomic mass is 127. The Hall–Kier alpha value is 0.0600. The Bertz CT molecular complexity index is 136. The number of hydrogen-bond donors (Lipinski definition) is 2. The van der Waals surface area contributed by atoms with Crippen molar-refractivity contribution in [2.75, 3.05) is 0 Å². The Morgan fingerprint density at radius 1 is 1.70 bits per heavy atom. The first-order valence-corrected chi connectivity index (χ1v) is 3.82. The summed E-state index contributed by atoms with van der Waals surface area (Å²) >= 11 is 1.45. The molecule has 2 N–H and O–H groups in total. The lowest BCUT2D eigenvalue weighted by Gasteiger charge is -2.11. The van der Waals surface area contributed by atoms with E-state index in [1.807, 2.05) is 0 Å². The van der Waals surface area contributed by atoms with Gasteiger partial charge in [-0.3, -0.25) is 4.79 Å².